The maximum atomic E-state index is 2.36. The van der Waals surface area contributed by atoms with E-state index in [4.69, 9.17) is 0 Å². The Balaban J connectivity index is 0.000000137. The molecule has 57 heavy (non-hydrogen) atoms. The van der Waals surface area contributed by atoms with Gasteiger partial charge >= 0.3 is 0 Å². The van der Waals surface area contributed by atoms with Crippen molar-refractivity contribution in [2.24, 2.45) is 0 Å². The molecule has 3 heteroatoms. The van der Waals surface area contributed by atoms with Crippen LogP contribution in [0.1, 0.15) is 22.3 Å². The molecule has 0 N–H and O–H groups in total. The molecule has 274 valence electrons. The van der Waals surface area contributed by atoms with Gasteiger partial charge in [0, 0.05) is 28.4 Å². The molecule has 0 spiro atoms. The van der Waals surface area contributed by atoms with Gasteiger partial charge in [-0.15, -0.1) is 0 Å². The molecular weight excluding hydrogens is 766 g/mol. The summed E-state index contributed by atoms with van der Waals surface area (Å²) >= 11 is 0. The average Bonchev–Trinajstić information content (AvgIpc) is 3.94. The molecular formula is C54H40FeP2. The summed E-state index contributed by atoms with van der Waals surface area (Å²) in [6.07, 6.45) is 22.7. The normalized spacial score (nSPS) is 17.3. The Hall–Kier alpha value is -3.82. The molecule has 2 aliphatic carbocycles. The van der Waals surface area contributed by atoms with Crippen LogP contribution >= 0.6 is 15.8 Å². The molecule has 0 amide bonds. The van der Waals surface area contributed by atoms with E-state index < -0.39 is 0 Å². The Kier molecular flexibility index (Phi) is 10.6. The summed E-state index contributed by atoms with van der Waals surface area (Å²) in [6, 6.07) is 54.1. The molecule has 0 saturated heterocycles. The number of hydrogen-bond acceptors (Lipinski definition) is 0. The minimum absolute atomic E-state index is 0. The van der Waals surface area contributed by atoms with E-state index in [0.717, 1.165) is 24.6 Å². The molecule has 0 bridgehead atoms. The summed E-state index contributed by atoms with van der Waals surface area (Å²) in [6.45, 7) is 0. The smallest absolute Gasteiger partial charge is 0.00813 e. The van der Waals surface area contributed by atoms with E-state index in [2.05, 4.69) is 197 Å². The van der Waals surface area contributed by atoms with Crippen molar-refractivity contribution < 1.29 is 17.1 Å². The van der Waals surface area contributed by atoms with Crippen LogP contribution in [-0.2, 0) is 41.7 Å². The van der Waals surface area contributed by atoms with E-state index in [1.165, 1.54) is 98.9 Å². The van der Waals surface area contributed by atoms with Gasteiger partial charge in [-0.05, 0) is 164 Å². The maximum absolute atomic E-state index is 2.36. The average molecular weight is 807 g/mol. The van der Waals surface area contributed by atoms with Crippen molar-refractivity contribution in [3.8, 4) is 22.3 Å². The van der Waals surface area contributed by atoms with Gasteiger partial charge in [0.1, 0.15) is 0 Å². The van der Waals surface area contributed by atoms with Gasteiger partial charge in [-0.2, -0.15) is 0 Å². The van der Waals surface area contributed by atoms with E-state index in [0.29, 0.717) is 0 Å². The summed E-state index contributed by atoms with van der Waals surface area (Å²) < 4.78 is 0. The standard InChI is InChI=1S/2C27H20P.Fe/c2*1-5-11-22-19(7-1)13-15-24-25-16-14-20-8-2-6-12-23(20)27(25)18-28(17-26(22)24)21-9-3-4-10-21;/h2*1-16H,17-18H2;. The second-order valence-corrected chi connectivity index (χ2v) is 19.7. The van der Waals surface area contributed by atoms with Crippen molar-refractivity contribution in [1.29, 1.82) is 0 Å². The quantitative estimate of drug-likeness (QED) is 0.121. The minimum atomic E-state index is -0.276. The van der Waals surface area contributed by atoms with Gasteiger partial charge in [-0.25, -0.2) is 0 Å². The van der Waals surface area contributed by atoms with Crippen molar-refractivity contribution >= 4 is 58.9 Å². The molecule has 2 saturated carbocycles. The summed E-state index contributed by atoms with van der Waals surface area (Å²) in [5.41, 5.74) is 14.9. The van der Waals surface area contributed by atoms with Crippen molar-refractivity contribution in [3.63, 3.8) is 0 Å². The van der Waals surface area contributed by atoms with E-state index in [9.17, 15) is 0 Å². The van der Waals surface area contributed by atoms with Gasteiger partial charge in [0.05, 0.1) is 0 Å². The van der Waals surface area contributed by atoms with Gasteiger partial charge in [-0.1, -0.05) is 161 Å². The maximum Gasteiger partial charge on any atom is 0.00813 e. The molecule has 0 atom stereocenters. The monoisotopic (exact) mass is 806 g/mol. The van der Waals surface area contributed by atoms with Crippen molar-refractivity contribution in [3.05, 3.63) is 231 Å². The fourth-order valence-electron chi connectivity index (χ4n) is 9.42. The van der Waals surface area contributed by atoms with Gasteiger partial charge < -0.3 is 0 Å². The van der Waals surface area contributed by atoms with Crippen LogP contribution in [0.25, 0.3) is 65.3 Å². The molecule has 2 heterocycles. The summed E-state index contributed by atoms with van der Waals surface area (Å²) in [7, 11) is -0.552. The van der Waals surface area contributed by atoms with E-state index in [1.807, 2.05) is 0 Å². The zero-order valence-electron chi connectivity index (χ0n) is 31.6. The molecule has 8 aromatic carbocycles. The summed E-state index contributed by atoms with van der Waals surface area (Å²) in [4.78, 5) is 0. The summed E-state index contributed by atoms with van der Waals surface area (Å²) in [5, 5.41) is 11.1. The SMILES string of the molecule is [CH]1[CH][CH][C](P2Cc3c(ccc4ccccc34)-c3ccc4ccccc4c3C2)[CH]1.[CH]1[CH][CH][C](P2Cc3c(ccc4ccccc34)-c3ccc4ccccc4c3C2)[CH]1.[Fe]. The Morgan fingerprint density at radius 1 is 0.281 bits per heavy atom. The van der Waals surface area contributed by atoms with Crippen LogP contribution in [0, 0.1) is 62.7 Å². The third kappa shape index (κ3) is 6.88. The van der Waals surface area contributed by atoms with Crippen LogP contribution in [0.4, 0.5) is 0 Å². The van der Waals surface area contributed by atoms with E-state index in [1.54, 1.807) is 0 Å². The first-order valence-electron chi connectivity index (χ1n) is 19.7. The minimum Gasteiger partial charge on any atom is -0.0897 e. The molecule has 4 aliphatic rings. The van der Waals surface area contributed by atoms with Crippen LogP contribution in [0.5, 0.6) is 0 Å². The predicted octanol–water partition coefficient (Wildman–Crippen LogP) is 15.0. The fourth-order valence-corrected chi connectivity index (χ4v) is 14.5. The van der Waals surface area contributed by atoms with Gasteiger partial charge in [0.2, 0.25) is 0 Å². The molecule has 12 rings (SSSR count). The number of benzene rings is 8. The van der Waals surface area contributed by atoms with Crippen LogP contribution in [0.15, 0.2) is 146 Å². The zero-order chi connectivity index (χ0) is 37.0. The van der Waals surface area contributed by atoms with Gasteiger partial charge in [0.15, 0.2) is 0 Å². The van der Waals surface area contributed by atoms with E-state index in [-0.39, 0.29) is 32.9 Å². The number of hydrogen-bond donors (Lipinski definition) is 0. The molecule has 0 unspecified atom stereocenters. The third-order valence-electron chi connectivity index (χ3n) is 12.2. The second-order valence-electron chi connectivity index (χ2n) is 15.2. The molecule has 2 aliphatic heterocycles. The van der Waals surface area contributed by atoms with E-state index >= 15 is 0 Å². The Bertz CT molecular complexity index is 2390. The first-order chi connectivity index (χ1) is 27.8. The largest absolute Gasteiger partial charge is 0.0897 e. The van der Waals surface area contributed by atoms with Gasteiger partial charge in [0.25, 0.3) is 0 Å². The zero-order valence-corrected chi connectivity index (χ0v) is 34.4. The number of rotatable bonds is 2. The molecule has 0 aromatic heterocycles. The Morgan fingerprint density at radius 3 is 0.789 bits per heavy atom. The van der Waals surface area contributed by atoms with Crippen LogP contribution in [0.3, 0.4) is 0 Å². The second kappa shape index (κ2) is 16.1. The topological polar surface area (TPSA) is 0 Å². The van der Waals surface area contributed by atoms with Gasteiger partial charge in [-0.3, -0.25) is 0 Å². The first-order valence-corrected chi connectivity index (χ1v) is 23.2. The third-order valence-corrected chi connectivity index (χ3v) is 17.0. The van der Waals surface area contributed by atoms with Crippen molar-refractivity contribution in [1.82, 2.24) is 0 Å². The summed E-state index contributed by atoms with van der Waals surface area (Å²) in [5.74, 6) is 0. The molecule has 10 radical (unpaired) electrons. The van der Waals surface area contributed by atoms with Crippen LogP contribution in [0.2, 0.25) is 0 Å². The van der Waals surface area contributed by atoms with Crippen molar-refractivity contribution in [2.45, 2.75) is 24.6 Å². The molecule has 2 fully saturated rings. The molecule has 8 aromatic rings. The fraction of sp³-hybridized carbons (Fsp3) is 0.0741. The number of fused-ring (bicyclic) bond motifs is 14. The van der Waals surface area contributed by atoms with Crippen molar-refractivity contribution in [2.75, 3.05) is 0 Å². The Morgan fingerprint density at radius 2 is 0.526 bits per heavy atom. The predicted molar refractivity (Wildman–Crippen MR) is 243 cm³/mol. The molecule has 0 nitrogen and oxygen atoms in total. The first kappa shape index (κ1) is 37.4. The van der Waals surface area contributed by atoms with Crippen LogP contribution in [-0.4, -0.2) is 0 Å². The Labute approximate surface area is 351 Å². The van der Waals surface area contributed by atoms with Crippen LogP contribution < -0.4 is 0 Å².